The van der Waals surface area contributed by atoms with Gasteiger partial charge in [0.2, 0.25) is 0 Å². The van der Waals surface area contributed by atoms with Gasteiger partial charge in [-0.2, -0.15) is 0 Å². The predicted molar refractivity (Wildman–Crippen MR) is 59.2 cm³/mol. The second-order valence-corrected chi connectivity index (χ2v) is 3.09. The third kappa shape index (κ3) is 3.36. The molecule has 0 aromatic heterocycles. The van der Waals surface area contributed by atoms with Gasteiger partial charge in [-0.05, 0) is 12.1 Å². The lowest BCUT2D eigenvalue weighted by molar-refractivity contribution is -0.527. The topological polar surface area (TPSA) is 165 Å². The maximum atomic E-state index is 11.0. The summed E-state index contributed by atoms with van der Waals surface area (Å²) in [5.74, 6) is -1.56. The Bertz CT molecular complexity index is 570. The van der Waals surface area contributed by atoms with Crippen LogP contribution in [0.1, 0.15) is 10.4 Å². The number of nitro groups is 2. The molecule has 0 bridgehead atoms. The molecule has 1 rings (SSSR count). The number of benzene rings is 1. The molecule has 0 aliphatic heterocycles. The van der Waals surface area contributed by atoms with E-state index in [1.807, 2.05) is 5.32 Å². The Kier molecular flexibility index (Phi) is 3.93. The zero-order valence-corrected chi connectivity index (χ0v) is 9.02. The molecule has 0 aliphatic rings. The van der Waals surface area contributed by atoms with Gasteiger partial charge in [0.25, 0.3) is 0 Å². The van der Waals surface area contributed by atoms with E-state index in [9.17, 15) is 29.8 Å². The Morgan fingerprint density at radius 2 is 1.84 bits per heavy atom. The molecular weight excluding hydrogens is 264 g/mol. The number of carbonyl (C=O) groups is 2. The van der Waals surface area contributed by atoms with Crippen molar-refractivity contribution in [2.24, 2.45) is 0 Å². The zero-order valence-electron chi connectivity index (χ0n) is 9.02. The summed E-state index contributed by atoms with van der Waals surface area (Å²) in [6.07, 6.45) is 0. The van der Waals surface area contributed by atoms with Gasteiger partial charge in [-0.3, -0.25) is 15.4 Å². The summed E-state index contributed by atoms with van der Waals surface area (Å²) in [6, 6.07) is 1.83. The largest absolute Gasteiger partial charge is 0.477 e. The molecule has 0 aliphatic carbocycles. The number of hydrazine groups is 1. The highest BCUT2D eigenvalue weighted by Gasteiger charge is 2.25. The van der Waals surface area contributed by atoms with Crippen LogP contribution in [-0.4, -0.2) is 27.1 Å². The summed E-state index contributed by atoms with van der Waals surface area (Å²) >= 11 is 0. The van der Waals surface area contributed by atoms with Crippen molar-refractivity contribution in [3.05, 3.63) is 44.0 Å². The standard InChI is InChI=1S/C8H6N4O7/c13-7(14)4-2-1-3-5(6(4)11(16)17)9-8(15)10-12(18)19/h1-3H,(H,13,14)(H2,9,10,15). The Balaban J connectivity index is 3.17. The number of carboxylic acids is 1. The van der Waals surface area contributed by atoms with E-state index in [4.69, 9.17) is 5.11 Å². The Hall–Kier alpha value is -3.24. The lowest BCUT2D eigenvalue weighted by atomic mass is 10.1. The minimum Gasteiger partial charge on any atom is -0.477 e. The van der Waals surface area contributed by atoms with Gasteiger partial charge in [0.15, 0.2) is 5.03 Å². The number of anilines is 1. The average Bonchev–Trinajstić information content (AvgIpc) is 2.26. The summed E-state index contributed by atoms with van der Waals surface area (Å²) in [6.45, 7) is 0. The predicted octanol–water partition coefficient (Wildman–Crippen LogP) is 0.606. The fourth-order valence-corrected chi connectivity index (χ4v) is 1.25. The minimum atomic E-state index is -1.56. The van der Waals surface area contributed by atoms with E-state index in [1.165, 1.54) is 5.43 Å². The molecule has 0 atom stereocenters. The first-order chi connectivity index (χ1) is 8.82. The molecule has 0 radical (unpaired) electrons. The van der Waals surface area contributed by atoms with Crippen LogP contribution in [0, 0.1) is 20.2 Å². The van der Waals surface area contributed by atoms with Crippen molar-refractivity contribution in [3.8, 4) is 0 Å². The highest BCUT2D eigenvalue weighted by atomic mass is 16.7. The van der Waals surface area contributed by atoms with Crippen LogP contribution in [0.5, 0.6) is 0 Å². The summed E-state index contributed by atoms with van der Waals surface area (Å²) in [7, 11) is 0. The molecule has 100 valence electrons. The van der Waals surface area contributed by atoms with E-state index >= 15 is 0 Å². The molecule has 1 aromatic carbocycles. The van der Waals surface area contributed by atoms with E-state index in [0.717, 1.165) is 18.2 Å². The maximum Gasteiger partial charge on any atom is 0.377 e. The number of hydrogen-bond acceptors (Lipinski definition) is 6. The third-order valence-electron chi connectivity index (χ3n) is 1.89. The van der Waals surface area contributed by atoms with Crippen LogP contribution in [0.25, 0.3) is 0 Å². The Morgan fingerprint density at radius 3 is 2.32 bits per heavy atom. The maximum absolute atomic E-state index is 11.0. The van der Waals surface area contributed by atoms with Gasteiger partial charge >= 0.3 is 17.7 Å². The summed E-state index contributed by atoms with van der Waals surface area (Å²) in [5.41, 5.74) is -0.776. The number of nitro benzene ring substituents is 1. The molecule has 0 saturated carbocycles. The van der Waals surface area contributed by atoms with Crippen molar-refractivity contribution in [3.63, 3.8) is 0 Å². The van der Waals surface area contributed by atoms with Crippen molar-refractivity contribution in [2.75, 3.05) is 5.32 Å². The van der Waals surface area contributed by atoms with Crippen LogP contribution in [0.3, 0.4) is 0 Å². The number of carboxylic acid groups (broad SMARTS) is 1. The zero-order chi connectivity index (χ0) is 14.6. The van der Waals surface area contributed by atoms with Gasteiger partial charge in [0.05, 0.1) is 4.92 Å². The van der Waals surface area contributed by atoms with Crippen LogP contribution in [0.15, 0.2) is 18.2 Å². The average molecular weight is 270 g/mol. The molecule has 19 heavy (non-hydrogen) atoms. The molecule has 3 N–H and O–H groups in total. The summed E-state index contributed by atoms with van der Waals surface area (Å²) in [4.78, 5) is 41.6. The summed E-state index contributed by atoms with van der Waals surface area (Å²) < 4.78 is 0. The van der Waals surface area contributed by atoms with Gasteiger partial charge in [0, 0.05) is 0 Å². The molecular formula is C8H6N4O7. The number of urea groups is 1. The lowest BCUT2D eigenvalue weighted by Gasteiger charge is -2.05. The van der Waals surface area contributed by atoms with Crippen LogP contribution in [0.2, 0.25) is 0 Å². The highest BCUT2D eigenvalue weighted by Crippen LogP contribution is 2.28. The Labute approximate surface area is 104 Å². The molecule has 0 heterocycles. The van der Waals surface area contributed by atoms with Crippen LogP contribution >= 0.6 is 0 Å². The van der Waals surface area contributed by atoms with Crippen molar-refractivity contribution in [1.82, 2.24) is 5.43 Å². The second-order valence-electron chi connectivity index (χ2n) is 3.09. The minimum absolute atomic E-state index is 0.468. The van der Waals surface area contributed by atoms with Gasteiger partial charge in [-0.1, -0.05) is 11.5 Å². The molecule has 0 spiro atoms. The fourth-order valence-electron chi connectivity index (χ4n) is 1.25. The van der Waals surface area contributed by atoms with Crippen molar-refractivity contribution in [1.29, 1.82) is 0 Å². The number of carbonyl (C=O) groups excluding carboxylic acids is 1. The smallest absolute Gasteiger partial charge is 0.377 e. The second kappa shape index (κ2) is 5.39. The first-order valence-electron chi connectivity index (χ1n) is 4.55. The third-order valence-corrected chi connectivity index (χ3v) is 1.89. The van der Waals surface area contributed by atoms with Crippen LogP contribution in [0.4, 0.5) is 16.2 Å². The molecule has 11 heteroatoms. The van der Waals surface area contributed by atoms with Crippen LogP contribution < -0.4 is 10.7 Å². The van der Waals surface area contributed by atoms with E-state index in [2.05, 4.69) is 0 Å². The van der Waals surface area contributed by atoms with E-state index in [0.29, 0.717) is 0 Å². The van der Waals surface area contributed by atoms with E-state index < -0.39 is 38.9 Å². The van der Waals surface area contributed by atoms with Crippen molar-refractivity contribution < 1.29 is 24.7 Å². The molecule has 0 unspecified atom stereocenters. The lowest BCUT2D eigenvalue weighted by Crippen LogP contribution is -2.33. The van der Waals surface area contributed by atoms with E-state index in [1.54, 1.807) is 0 Å². The SMILES string of the molecule is O=C(Nc1cccc(C(=O)O)c1[N+](=O)[O-])N[N+](=O)[O-]. The highest BCUT2D eigenvalue weighted by molar-refractivity contribution is 5.99. The monoisotopic (exact) mass is 270 g/mol. The van der Waals surface area contributed by atoms with Crippen LogP contribution in [-0.2, 0) is 0 Å². The molecule has 0 saturated heterocycles. The molecule has 11 nitrogen and oxygen atoms in total. The number of nitrogens with zero attached hydrogens (tertiary/aromatic N) is 2. The first kappa shape index (κ1) is 13.8. The molecule has 2 amide bonds. The number of rotatable bonds is 4. The Morgan fingerprint density at radius 1 is 1.21 bits per heavy atom. The number of aromatic carboxylic acids is 1. The number of amides is 2. The fraction of sp³-hybridized carbons (Fsp3) is 0. The molecule has 0 fully saturated rings. The van der Waals surface area contributed by atoms with Crippen molar-refractivity contribution in [2.45, 2.75) is 0 Å². The normalized spacial score (nSPS) is 9.47. The van der Waals surface area contributed by atoms with Gasteiger partial charge in [-0.15, -0.1) is 0 Å². The summed E-state index contributed by atoms with van der Waals surface area (Å²) in [5, 5.41) is 30.2. The number of nitrogens with one attached hydrogen (secondary N) is 2. The van der Waals surface area contributed by atoms with Gasteiger partial charge in [-0.25, -0.2) is 19.7 Å². The van der Waals surface area contributed by atoms with Gasteiger partial charge < -0.3 is 5.11 Å². The van der Waals surface area contributed by atoms with Gasteiger partial charge in [0.1, 0.15) is 11.3 Å². The molecule has 1 aromatic rings. The quantitative estimate of drug-likeness (QED) is 0.532. The first-order valence-corrected chi connectivity index (χ1v) is 4.55. The number of hydrogen-bond donors (Lipinski definition) is 3. The van der Waals surface area contributed by atoms with E-state index in [-0.39, 0.29) is 0 Å². The number of para-hydroxylation sites is 1. The van der Waals surface area contributed by atoms with Crippen molar-refractivity contribution >= 4 is 23.4 Å².